The first kappa shape index (κ1) is 18.4. The molecule has 0 bridgehead atoms. The van der Waals surface area contributed by atoms with Gasteiger partial charge in [0, 0.05) is 44.4 Å². The third kappa shape index (κ3) is 4.14. The fourth-order valence-corrected chi connectivity index (χ4v) is 3.47. The quantitative estimate of drug-likeness (QED) is 0.826. The number of aryl methyl sites for hydroxylation is 1. The Morgan fingerprint density at radius 1 is 1.08 bits per heavy atom. The molecule has 0 unspecified atom stereocenters. The molecule has 7 heteroatoms. The number of hydrogen-bond donors (Lipinski definition) is 0. The molecule has 2 rings (SSSR count). The average Bonchev–Trinajstić information content (AvgIpc) is 2.79. The number of nitrogens with zero attached hydrogens (tertiary/aromatic N) is 2. The van der Waals surface area contributed by atoms with Crippen LogP contribution < -0.4 is 0 Å². The highest BCUT2D eigenvalue weighted by molar-refractivity contribution is 7.90. The molecular formula is C17H24N2O4S. The van der Waals surface area contributed by atoms with Gasteiger partial charge in [-0.1, -0.05) is 13.0 Å². The van der Waals surface area contributed by atoms with Crippen molar-refractivity contribution in [3.63, 3.8) is 0 Å². The molecule has 1 saturated heterocycles. The Morgan fingerprint density at radius 2 is 1.71 bits per heavy atom. The maximum atomic E-state index is 12.8. The summed E-state index contributed by atoms with van der Waals surface area (Å²) in [7, 11) is -3.36. The van der Waals surface area contributed by atoms with Crippen molar-refractivity contribution >= 4 is 21.7 Å². The first-order chi connectivity index (χ1) is 11.2. The molecule has 1 aromatic rings. The van der Waals surface area contributed by atoms with Gasteiger partial charge in [0.1, 0.15) is 0 Å². The highest BCUT2D eigenvalue weighted by Crippen LogP contribution is 2.18. The van der Waals surface area contributed by atoms with Crippen LogP contribution in [-0.4, -0.2) is 62.5 Å². The van der Waals surface area contributed by atoms with Crippen molar-refractivity contribution in [2.45, 2.75) is 31.6 Å². The summed E-state index contributed by atoms with van der Waals surface area (Å²) in [6.45, 7) is 5.82. The van der Waals surface area contributed by atoms with Crippen molar-refractivity contribution < 1.29 is 18.0 Å². The summed E-state index contributed by atoms with van der Waals surface area (Å²) in [6.07, 6.45) is 2.32. The summed E-state index contributed by atoms with van der Waals surface area (Å²) >= 11 is 0. The zero-order valence-electron chi connectivity index (χ0n) is 14.4. The van der Waals surface area contributed by atoms with Crippen molar-refractivity contribution in [2.75, 3.05) is 32.4 Å². The fourth-order valence-electron chi connectivity index (χ4n) is 2.83. The molecule has 1 heterocycles. The third-order valence-electron chi connectivity index (χ3n) is 4.31. The van der Waals surface area contributed by atoms with E-state index in [0.717, 1.165) is 18.2 Å². The van der Waals surface area contributed by atoms with Crippen LogP contribution in [0.1, 0.15) is 35.7 Å². The topological polar surface area (TPSA) is 74.8 Å². The maximum Gasteiger partial charge on any atom is 0.254 e. The number of sulfone groups is 1. The fraction of sp³-hybridized carbons (Fsp3) is 0.529. The molecule has 24 heavy (non-hydrogen) atoms. The lowest BCUT2D eigenvalue weighted by Crippen LogP contribution is -2.37. The molecule has 0 atom stereocenters. The summed E-state index contributed by atoms with van der Waals surface area (Å²) < 4.78 is 23.5. The van der Waals surface area contributed by atoms with Crippen molar-refractivity contribution in [1.82, 2.24) is 9.80 Å². The highest BCUT2D eigenvalue weighted by atomic mass is 32.2. The van der Waals surface area contributed by atoms with E-state index in [1.807, 2.05) is 6.92 Å². The summed E-state index contributed by atoms with van der Waals surface area (Å²) in [4.78, 5) is 28.3. The Hall–Kier alpha value is -1.89. The molecule has 6 nitrogen and oxygen atoms in total. The molecule has 0 aromatic heterocycles. The van der Waals surface area contributed by atoms with E-state index in [4.69, 9.17) is 0 Å². The Morgan fingerprint density at radius 3 is 2.33 bits per heavy atom. The molecule has 0 spiro atoms. The molecule has 0 aliphatic carbocycles. The van der Waals surface area contributed by atoms with Crippen LogP contribution in [-0.2, 0) is 14.6 Å². The highest BCUT2D eigenvalue weighted by Gasteiger charge is 2.24. The van der Waals surface area contributed by atoms with Gasteiger partial charge in [0.2, 0.25) is 5.91 Å². The second-order valence-corrected chi connectivity index (χ2v) is 8.14. The number of amides is 2. The van der Waals surface area contributed by atoms with Gasteiger partial charge in [-0.3, -0.25) is 9.59 Å². The summed E-state index contributed by atoms with van der Waals surface area (Å²) in [6, 6.07) is 4.63. The number of benzene rings is 1. The van der Waals surface area contributed by atoms with Crippen LogP contribution in [0.3, 0.4) is 0 Å². The van der Waals surface area contributed by atoms with Crippen molar-refractivity contribution in [3.05, 3.63) is 29.3 Å². The molecular weight excluding hydrogens is 328 g/mol. The number of carbonyl (C=O) groups excluding carboxylic acids is 2. The van der Waals surface area contributed by atoms with Crippen LogP contribution in [0.5, 0.6) is 0 Å². The Kier molecular flexibility index (Phi) is 5.64. The molecule has 2 amide bonds. The van der Waals surface area contributed by atoms with Gasteiger partial charge >= 0.3 is 0 Å². The second-order valence-electron chi connectivity index (χ2n) is 6.13. The van der Waals surface area contributed by atoms with E-state index in [2.05, 4.69) is 0 Å². The smallest absolute Gasteiger partial charge is 0.254 e. The van der Waals surface area contributed by atoms with Gasteiger partial charge in [0.15, 0.2) is 9.84 Å². The van der Waals surface area contributed by atoms with Crippen molar-refractivity contribution in [3.8, 4) is 0 Å². The predicted octanol–water partition coefficient (Wildman–Crippen LogP) is 1.48. The minimum atomic E-state index is -3.36. The number of hydrogen-bond acceptors (Lipinski definition) is 4. The van der Waals surface area contributed by atoms with Crippen LogP contribution in [0.25, 0.3) is 0 Å². The molecule has 1 aliphatic rings. The monoisotopic (exact) mass is 352 g/mol. The first-order valence-electron chi connectivity index (χ1n) is 8.11. The molecule has 132 valence electrons. The first-order valence-corrected chi connectivity index (χ1v) is 10.0. The Bertz CT molecular complexity index is 743. The van der Waals surface area contributed by atoms with Gasteiger partial charge in [-0.2, -0.15) is 0 Å². The van der Waals surface area contributed by atoms with E-state index in [1.165, 1.54) is 12.1 Å². The van der Waals surface area contributed by atoms with Crippen LogP contribution in [0.2, 0.25) is 0 Å². The lowest BCUT2D eigenvalue weighted by molar-refractivity contribution is -0.130. The van der Waals surface area contributed by atoms with Gasteiger partial charge < -0.3 is 9.80 Å². The molecule has 0 radical (unpaired) electrons. The van der Waals surface area contributed by atoms with E-state index in [9.17, 15) is 18.0 Å². The van der Waals surface area contributed by atoms with E-state index < -0.39 is 9.84 Å². The minimum absolute atomic E-state index is 0.0968. The molecule has 1 aliphatic heterocycles. The predicted molar refractivity (Wildman–Crippen MR) is 91.7 cm³/mol. The number of carbonyl (C=O) groups is 2. The summed E-state index contributed by atoms with van der Waals surface area (Å²) in [5.41, 5.74) is 1.16. The van der Waals surface area contributed by atoms with Gasteiger partial charge in [0.05, 0.1) is 4.90 Å². The molecule has 1 fully saturated rings. The molecule has 0 N–H and O–H groups in total. The minimum Gasteiger partial charge on any atom is -0.341 e. The maximum absolute atomic E-state index is 12.8. The molecule has 1 aromatic carbocycles. The van der Waals surface area contributed by atoms with E-state index >= 15 is 0 Å². The van der Waals surface area contributed by atoms with E-state index in [1.54, 1.807) is 22.8 Å². The lowest BCUT2D eigenvalue weighted by Gasteiger charge is -2.22. The summed E-state index contributed by atoms with van der Waals surface area (Å²) in [5.74, 6) is -0.0802. The van der Waals surface area contributed by atoms with Crippen molar-refractivity contribution in [2.24, 2.45) is 0 Å². The second kappa shape index (κ2) is 7.34. The Balaban J connectivity index is 2.21. The largest absolute Gasteiger partial charge is 0.341 e. The average molecular weight is 352 g/mol. The zero-order valence-corrected chi connectivity index (χ0v) is 15.2. The summed E-state index contributed by atoms with van der Waals surface area (Å²) in [5, 5.41) is 0. The van der Waals surface area contributed by atoms with Gasteiger partial charge in [-0.15, -0.1) is 0 Å². The van der Waals surface area contributed by atoms with Crippen LogP contribution in [0.15, 0.2) is 23.1 Å². The van der Waals surface area contributed by atoms with Crippen molar-refractivity contribution in [1.29, 1.82) is 0 Å². The van der Waals surface area contributed by atoms with Gasteiger partial charge in [0.25, 0.3) is 5.91 Å². The van der Waals surface area contributed by atoms with Crippen LogP contribution >= 0.6 is 0 Å². The number of rotatable bonds is 3. The zero-order chi connectivity index (χ0) is 17.9. The Labute approximate surface area is 143 Å². The SMILES string of the molecule is CCC(=O)N1CCCN(C(=O)c2cc(S(C)(=O)=O)ccc2C)CC1. The van der Waals surface area contributed by atoms with Gasteiger partial charge in [-0.05, 0) is 31.0 Å². The van der Waals surface area contributed by atoms with E-state index in [0.29, 0.717) is 38.2 Å². The van der Waals surface area contributed by atoms with E-state index in [-0.39, 0.29) is 16.7 Å². The van der Waals surface area contributed by atoms with Crippen LogP contribution in [0, 0.1) is 6.92 Å². The van der Waals surface area contributed by atoms with Gasteiger partial charge in [-0.25, -0.2) is 8.42 Å². The normalized spacial score (nSPS) is 16.0. The van der Waals surface area contributed by atoms with Crippen LogP contribution in [0.4, 0.5) is 0 Å². The third-order valence-corrected chi connectivity index (χ3v) is 5.42. The lowest BCUT2D eigenvalue weighted by atomic mass is 10.1. The molecule has 0 saturated carbocycles. The standard InChI is InChI=1S/C17H24N2O4S/c1-4-16(20)18-8-5-9-19(11-10-18)17(21)15-12-14(24(3,22)23)7-6-13(15)2/h6-7,12H,4-5,8-11H2,1-3H3.